The zero-order valence-electron chi connectivity index (χ0n) is 21.0. The first-order valence-corrected chi connectivity index (χ1v) is 12.1. The van der Waals surface area contributed by atoms with Crippen molar-refractivity contribution in [3.05, 3.63) is 129 Å². The number of esters is 1. The third kappa shape index (κ3) is 6.91. The van der Waals surface area contributed by atoms with E-state index in [9.17, 15) is 4.79 Å². The van der Waals surface area contributed by atoms with Crippen molar-refractivity contribution in [2.24, 2.45) is 0 Å². The van der Waals surface area contributed by atoms with Crippen LogP contribution >= 0.6 is 0 Å². The quantitative estimate of drug-likeness (QED) is 0.280. The second-order valence-electron chi connectivity index (χ2n) is 9.45. The van der Waals surface area contributed by atoms with E-state index in [1.54, 1.807) is 0 Å². The molecule has 3 nitrogen and oxygen atoms in total. The Balaban J connectivity index is 1.27. The predicted octanol–water partition coefficient (Wildman–Crippen LogP) is 7.23. The summed E-state index contributed by atoms with van der Waals surface area (Å²) in [5.74, 6) is -0.309. The molecular weight excluding hydrogens is 430 g/mol. The van der Waals surface area contributed by atoms with E-state index in [4.69, 9.17) is 4.74 Å². The van der Waals surface area contributed by atoms with E-state index in [1.807, 2.05) is 36.4 Å². The van der Waals surface area contributed by atoms with Crippen LogP contribution in [0.25, 0.3) is 11.1 Å². The van der Waals surface area contributed by atoms with Gasteiger partial charge < -0.3 is 10.1 Å². The van der Waals surface area contributed by atoms with E-state index in [2.05, 4.69) is 81.5 Å². The van der Waals surface area contributed by atoms with Crippen molar-refractivity contribution < 1.29 is 9.53 Å². The van der Waals surface area contributed by atoms with E-state index in [-0.39, 0.29) is 12.6 Å². The van der Waals surface area contributed by atoms with Crippen LogP contribution in [0.4, 0.5) is 0 Å². The highest BCUT2D eigenvalue weighted by Crippen LogP contribution is 2.23. The molecule has 0 bridgehead atoms. The highest BCUT2D eigenvalue weighted by atomic mass is 16.5. The van der Waals surface area contributed by atoms with Gasteiger partial charge in [-0.05, 0) is 67.6 Å². The van der Waals surface area contributed by atoms with Crippen molar-refractivity contribution in [2.75, 3.05) is 0 Å². The molecule has 0 aliphatic heterocycles. The van der Waals surface area contributed by atoms with Crippen LogP contribution in [0, 0.1) is 27.7 Å². The van der Waals surface area contributed by atoms with Gasteiger partial charge in [0.25, 0.3) is 0 Å². The van der Waals surface area contributed by atoms with E-state index in [0.717, 1.165) is 29.8 Å². The summed E-state index contributed by atoms with van der Waals surface area (Å²) in [7, 11) is 0. The monoisotopic (exact) mass is 463 g/mol. The lowest BCUT2D eigenvalue weighted by atomic mass is 10.00. The molecule has 0 aliphatic carbocycles. The Bertz CT molecular complexity index is 1260. The molecule has 4 rings (SSSR count). The summed E-state index contributed by atoms with van der Waals surface area (Å²) in [6, 6.07) is 28.9. The zero-order valence-corrected chi connectivity index (χ0v) is 21.0. The van der Waals surface area contributed by atoms with Gasteiger partial charge in [0, 0.05) is 13.1 Å². The average Bonchev–Trinajstić information content (AvgIpc) is 2.82. The Hall–Kier alpha value is -3.69. The Morgan fingerprint density at radius 2 is 1.11 bits per heavy atom. The van der Waals surface area contributed by atoms with Crippen molar-refractivity contribution in [2.45, 2.75) is 47.4 Å². The average molecular weight is 464 g/mol. The molecule has 0 radical (unpaired) electrons. The molecule has 3 heteroatoms. The van der Waals surface area contributed by atoms with Gasteiger partial charge in [0.15, 0.2) is 0 Å². The highest BCUT2D eigenvalue weighted by Gasteiger charge is 2.09. The molecule has 0 aliphatic rings. The molecule has 0 spiro atoms. The molecular formula is C32H33NO2. The van der Waals surface area contributed by atoms with E-state index < -0.39 is 0 Å². The fraction of sp³-hybridized carbons (Fsp3) is 0.219. The molecule has 0 heterocycles. The first-order chi connectivity index (χ1) is 16.9. The van der Waals surface area contributed by atoms with Crippen LogP contribution in [0.5, 0.6) is 0 Å². The summed E-state index contributed by atoms with van der Waals surface area (Å²) in [6.45, 7) is 10.3. The topological polar surface area (TPSA) is 38.3 Å². The van der Waals surface area contributed by atoms with Crippen molar-refractivity contribution in [3.63, 3.8) is 0 Å². The molecule has 4 aromatic carbocycles. The van der Waals surface area contributed by atoms with E-state index >= 15 is 0 Å². The first-order valence-electron chi connectivity index (χ1n) is 12.1. The van der Waals surface area contributed by atoms with Gasteiger partial charge in [-0.1, -0.05) is 95.1 Å². The summed E-state index contributed by atoms with van der Waals surface area (Å²) < 4.78 is 5.54. The van der Waals surface area contributed by atoms with E-state index in [1.165, 1.54) is 33.4 Å². The smallest absolute Gasteiger partial charge is 0.338 e. The largest absolute Gasteiger partial charge is 0.457 e. The zero-order chi connectivity index (χ0) is 24.8. The summed E-state index contributed by atoms with van der Waals surface area (Å²) in [5.41, 5.74) is 11.3. The number of carbonyl (C=O) groups is 1. The Morgan fingerprint density at radius 1 is 0.600 bits per heavy atom. The lowest BCUT2D eigenvalue weighted by Crippen LogP contribution is -2.13. The standard InChI is InChI=1S/C32H33NO2/c1-22-13-23(2)16-28(15-22)20-33-19-26-5-7-27(8-6-26)21-35-32(34)30-11-9-29(10-12-30)31-17-24(3)14-25(4)18-31/h5-18,33H,19-21H2,1-4H3. The fourth-order valence-corrected chi connectivity index (χ4v) is 4.45. The summed E-state index contributed by atoms with van der Waals surface area (Å²) in [5, 5.41) is 3.50. The van der Waals surface area contributed by atoms with Gasteiger partial charge in [0.2, 0.25) is 0 Å². The second-order valence-corrected chi connectivity index (χ2v) is 9.45. The van der Waals surface area contributed by atoms with Gasteiger partial charge in [-0.2, -0.15) is 0 Å². The maximum absolute atomic E-state index is 12.5. The maximum atomic E-state index is 12.5. The number of benzene rings is 4. The van der Waals surface area contributed by atoms with Crippen LogP contribution in [-0.2, 0) is 24.4 Å². The van der Waals surface area contributed by atoms with Gasteiger partial charge >= 0.3 is 5.97 Å². The predicted molar refractivity (Wildman–Crippen MR) is 143 cm³/mol. The SMILES string of the molecule is Cc1cc(C)cc(CNCc2ccc(COC(=O)c3ccc(-c4cc(C)cc(C)c4)cc3)cc2)c1. The normalized spacial score (nSPS) is 10.9. The molecule has 1 N–H and O–H groups in total. The third-order valence-corrected chi connectivity index (χ3v) is 6.01. The number of rotatable bonds is 8. The fourth-order valence-electron chi connectivity index (χ4n) is 4.45. The molecule has 178 valence electrons. The van der Waals surface area contributed by atoms with Crippen molar-refractivity contribution in [3.8, 4) is 11.1 Å². The number of carbonyl (C=O) groups excluding carboxylic acids is 1. The number of hydrogen-bond acceptors (Lipinski definition) is 3. The molecule has 0 aromatic heterocycles. The number of nitrogens with one attached hydrogen (secondary N) is 1. The molecule has 4 aromatic rings. The van der Waals surface area contributed by atoms with Gasteiger partial charge in [-0.15, -0.1) is 0 Å². The lowest BCUT2D eigenvalue weighted by Gasteiger charge is -2.09. The Kier molecular flexibility index (Phi) is 7.79. The maximum Gasteiger partial charge on any atom is 0.338 e. The van der Waals surface area contributed by atoms with Crippen LogP contribution in [-0.4, -0.2) is 5.97 Å². The summed E-state index contributed by atoms with van der Waals surface area (Å²) in [6.07, 6.45) is 0. The van der Waals surface area contributed by atoms with Crippen molar-refractivity contribution in [1.82, 2.24) is 5.32 Å². The van der Waals surface area contributed by atoms with Crippen molar-refractivity contribution >= 4 is 5.97 Å². The molecule has 0 unspecified atom stereocenters. The summed E-state index contributed by atoms with van der Waals surface area (Å²) >= 11 is 0. The molecule has 0 saturated carbocycles. The molecule has 0 atom stereocenters. The second kappa shape index (κ2) is 11.2. The highest BCUT2D eigenvalue weighted by molar-refractivity contribution is 5.90. The van der Waals surface area contributed by atoms with Gasteiger partial charge in [-0.25, -0.2) is 4.79 Å². The molecule has 35 heavy (non-hydrogen) atoms. The first kappa shape index (κ1) is 24.4. The lowest BCUT2D eigenvalue weighted by molar-refractivity contribution is 0.0472. The van der Waals surface area contributed by atoms with Gasteiger partial charge in [-0.3, -0.25) is 0 Å². The summed E-state index contributed by atoms with van der Waals surface area (Å²) in [4.78, 5) is 12.5. The van der Waals surface area contributed by atoms with Crippen LogP contribution in [0.1, 0.15) is 49.3 Å². The van der Waals surface area contributed by atoms with Crippen LogP contribution in [0.2, 0.25) is 0 Å². The third-order valence-electron chi connectivity index (χ3n) is 6.01. The van der Waals surface area contributed by atoms with Gasteiger partial charge in [0.05, 0.1) is 5.56 Å². The van der Waals surface area contributed by atoms with E-state index in [0.29, 0.717) is 5.56 Å². The molecule has 0 amide bonds. The Morgan fingerprint density at radius 3 is 1.71 bits per heavy atom. The minimum absolute atomic E-state index is 0.258. The van der Waals surface area contributed by atoms with Crippen molar-refractivity contribution in [1.29, 1.82) is 0 Å². The number of hydrogen-bond donors (Lipinski definition) is 1. The number of ether oxygens (including phenoxy) is 1. The Labute approximate surface area is 208 Å². The molecule has 0 fully saturated rings. The van der Waals surface area contributed by atoms with Crippen LogP contribution in [0.15, 0.2) is 84.9 Å². The van der Waals surface area contributed by atoms with Crippen LogP contribution in [0.3, 0.4) is 0 Å². The minimum atomic E-state index is -0.309. The number of aryl methyl sites for hydroxylation is 4. The minimum Gasteiger partial charge on any atom is -0.457 e. The van der Waals surface area contributed by atoms with Crippen LogP contribution < -0.4 is 5.32 Å². The molecule has 0 saturated heterocycles. The van der Waals surface area contributed by atoms with Gasteiger partial charge in [0.1, 0.15) is 6.61 Å².